The maximum atomic E-state index is 12.9. The van der Waals surface area contributed by atoms with Gasteiger partial charge in [-0.1, -0.05) is 13.8 Å². The minimum Gasteiger partial charge on any atom is -0.382 e. The quantitative estimate of drug-likeness (QED) is 0.792. The Bertz CT molecular complexity index is 654. The molecule has 0 aromatic heterocycles. The van der Waals surface area contributed by atoms with E-state index in [1.54, 1.807) is 0 Å². The van der Waals surface area contributed by atoms with E-state index in [-0.39, 0.29) is 40.5 Å². The summed E-state index contributed by atoms with van der Waals surface area (Å²) in [5.41, 5.74) is -1.72. The number of hydrogen-bond donors (Lipinski definition) is 1. The highest BCUT2D eigenvalue weighted by Gasteiger charge is 2.67. The van der Waals surface area contributed by atoms with Crippen molar-refractivity contribution in [3.63, 3.8) is 0 Å². The van der Waals surface area contributed by atoms with Gasteiger partial charge in [-0.15, -0.1) is 0 Å². The lowest BCUT2D eigenvalue weighted by Crippen LogP contribution is -2.60. The molecule has 0 heterocycles. The zero-order chi connectivity index (χ0) is 18.2. The molecule has 0 bridgehead atoms. The number of rotatable bonds is 1. The van der Waals surface area contributed by atoms with Crippen molar-refractivity contribution in [2.24, 2.45) is 34.5 Å². The van der Waals surface area contributed by atoms with Gasteiger partial charge in [0.15, 0.2) is 5.78 Å². The minimum atomic E-state index is -1.23. The number of fused-ring (bicyclic) bond motifs is 5. The largest absolute Gasteiger partial charge is 0.382 e. The normalized spacial score (nSPS) is 52.3. The van der Waals surface area contributed by atoms with Crippen molar-refractivity contribution in [1.82, 2.24) is 0 Å². The van der Waals surface area contributed by atoms with Crippen LogP contribution in [-0.4, -0.2) is 28.1 Å². The number of carbonyl (C=O) groups is 3. The summed E-state index contributed by atoms with van der Waals surface area (Å²) < 4.78 is 0. The number of Topliss-reactive ketones (excluding diaryl/α,β-unsaturated/α-hetero) is 3. The van der Waals surface area contributed by atoms with Gasteiger partial charge in [-0.25, -0.2) is 0 Å². The predicted octanol–water partition coefficient (Wildman–Crippen LogP) is 3.10. The highest BCUT2D eigenvalue weighted by Crippen LogP contribution is 2.67. The molecule has 0 aromatic carbocycles. The van der Waals surface area contributed by atoms with Crippen LogP contribution in [0.3, 0.4) is 0 Å². The van der Waals surface area contributed by atoms with Crippen molar-refractivity contribution < 1.29 is 19.5 Å². The summed E-state index contributed by atoms with van der Waals surface area (Å²) in [4.78, 5) is 37.1. The van der Waals surface area contributed by atoms with Crippen LogP contribution in [0.5, 0.6) is 0 Å². The Hall–Kier alpha value is -1.03. The van der Waals surface area contributed by atoms with E-state index < -0.39 is 11.0 Å². The molecule has 4 nitrogen and oxygen atoms in total. The zero-order valence-electron chi connectivity index (χ0n) is 15.6. The standard InChI is InChI=1S/C21H30O4/c1-12(22)21(25)9-6-16-14-11-18(24)17-10-13(23)4-7-19(17,2)15(14)5-8-20(16,21)3/h14-17,25H,4-11H2,1-3H3/t14-,15+,16+,17-,19-,20+,21+/m1/s1. The first-order chi connectivity index (χ1) is 11.6. The molecule has 0 spiro atoms. The first kappa shape index (κ1) is 17.4. The van der Waals surface area contributed by atoms with Crippen LogP contribution < -0.4 is 0 Å². The van der Waals surface area contributed by atoms with E-state index in [2.05, 4.69) is 13.8 Å². The fraction of sp³-hybridized carbons (Fsp3) is 0.857. The molecular weight excluding hydrogens is 316 g/mol. The SMILES string of the molecule is CC(=O)[C@@]1(O)CC[C@H]2[C@@H]3CC(=O)[C@H]4CC(=O)CC[C@]4(C)[C@H]3CC[C@@]21C. The number of hydrogen-bond acceptors (Lipinski definition) is 4. The third-order valence-corrected chi connectivity index (χ3v) is 9.01. The average Bonchev–Trinajstić information content (AvgIpc) is 2.83. The van der Waals surface area contributed by atoms with Gasteiger partial charge < -0.3 is 5.11 Å². The predicted molar refractivity (Wildman–Crippen MR) is 92.8 cm³/mol. The van der Waals surface area contributed by atoms with E-state index in [0.717, 1.165) is 25.7 Å². The maximum Gasteiger partial charge on any atom is 0.161 e. The van der Waals surface area contributed by atoms with E-state index in [1.165, 1.54) is 6.92 Å². The maximum absolute atomic E-state index is 12.9. The van der Waals surface area contributed by atoms with Gasteiger partial charge in [-0.3, -0.25) is 14.4 Å². The lowest BCUT2D eigenvalue weighted by Gasteiger charge is -2.60. The van der Waals surface area contributed by atoms with Crippen molar-refractivity contribution >= 4 is 17.3 Å². The molecule has 7 atom stereocenters. The summed E-state index contributed by atoms with van der Waals surface area (Å²) in [5, 5.41) is 11.1. The van der Waals surface area contributed by atoms with E-state index in [9.17, 15) is 19.5 Å². The third-order valence-electron chi connectivity index (χ3n) is 9.01. The summed E-state index contributed by atoms with van der Waals surface area (Å²) in [5.74, 6) is 1.20. The van der Waals surface area contributed by atoms with Gasteiger partial charge in [0.25, 0.3) is 0 Å². The van der Waals surface area contributed by atoms with Crippen molar-refractivity contribution in [2.45, 2.75) is 77.7 Å². The topological polar surface area (TPSA) is 71.4 Å². The highest BCUT2D eigenvalue weighted by atomic mass is 16.3. The molecule has 0 radical (unpaired) electrons. The summed E-state index contributed by atoms with van der Waals surface area (Å²) in [6.45, 7) is 5.81. The second-order valence-corrected chi connectivity index (χ2v) is 9.76. The summed E-state index contributed by atoms with van der Waals surface area (Å²) >= 11 is 0. The minimum absolute atomic E-state index is 0.0772. The molecular formula is C21H30O4. The summed E-state index contributed by atoms with van der Waals surface area (Å²) in [6, 6.07) is 0. The zero-order valence-corrected chi connectivity index (χ0v) is 15.6. The molecule has 4 fully saturated rings. The molecule has 4 saturated carbocycles. The van der Waals surface area contributed by atoms with Crippen LogP contribution in [0.15, 0.2) is 0 Å². The first-order valence-corrected chi connectivity index (χ1v) is 9.91. The Morgan fingerprint density at radius 2 is 1.72 bits per heavy atom. The van der Waals surface area contributed by atoms with Crippen molar-refractivity contribution in [3.8, 4) is 0 Å². The highest BCUT2D eigenvalue weighted by molar-refractivity contribution is 5.91. The van der Waals surface area contributed by atoms with Gasteiger partial charge in [0, 0.05) is 30.6 Å². The Labute approximate surface area is 149 Å². The molecule has 4 aliphatic carbocycles. The molecule has 138 valence electrons. The fourth-order valence-corrected chi connectivity index (χ4v) is 7.43. The van der Waals surface area contributed by atoms with Crippen LogP contribution in [0.1, 0.15) is 72.1 Å². The summed E-state index contributed by atoms with van der Waals surface area (Å²) in [6.07, 6.45) is 5.55. The van der Waals surface area contributed by atoms with Gasteiger partial charge in [-0.2, -0.15) is 0 Å². The van der Waals surface area contributed by atoms with Crippen LogP contribution in [0.25, 0.3) is 0 Å². The molecule has 1 N–H and O–H groups in total. The van der Waals surface area contributed by atoms with E-state index >= 15 is 0 Å². The van der Waals surface area contributed by atoms with E-state index in [0.29, 0.717) is 31.6 Å². The van der Waals surface area contributed by atoms with Crippen LogP contribution in [0, 0.1) is 34.5 Å². The fourth-order valence-electron chi connectivity index (χ4n) is 7.43. The summed E-state index contributed by atoms with van der Waals surface area (Å²) in [7, 11) is 0. The lowest BCUT2D eigenvalue weighted by atomic mass is 9.44. The van der Waals surface area contributed by atoms with Gasteiger partial charge >= 0.3 is 0 Å². The Morgan fingerprint density at radius 3 is 2.40 bits per heavy atom. The molecule has 4 heteroatoms. The lowest BCUT2D eigenvalue weighted by molar-refractivity contribution is -0.173. The molecule has 4 aliphatic rings. The molecule has 0 aliphatic heterocycles. The van der Waals surface area contributed by atoms with Gasteiger partial charge in [-0.05, 0) is 62.2 Å². The molecule has 0 amide bonds. The third kappa shape index (κ3) is 2.06. The molecule has 25 heavy (non-hydrogen) atoms. The van der Waals surface area contributed by atoms with E-state index in [4.69, 9.17) is 0 Å². The van der Waals surface area contributed by atoms with Crippen LogP contribution >= 0.6 is 0 Å². The Morgan fingerprint density at radius 1 is 1.04 bits per heavy atom. The Kier molecular flexibility index (Phi) is 3.65. The van der Waals surface area contributed by atoms with Gasteiger partial charge in [0.1, 0.15) is 17.2 Å². The number of aliphatic hydroxyl groups is 1. The second-order valence-electron chi connectivity index (χ2n) is 9.76. The van der Waals surface area contributed by atoms with Crippen molar-refractivity contribution in [3.05, 3.63) is 0 Å². The van der Waals surface area contributed by atoms with Crippen molar-refractivity contribution in [2.75, 3.05) is 0 Å². The smallest absolute Gasteiger partial charge is 0.161 e. The average molecular weight is 346 g/mol. The molecule has 4 rings (SSSR count). The van der Waals surface area contributed by atoms with Gasteiger partial charge in [0.05, 0.1) is 0 Å². The molecule has 0 aromatic rings. The number of ketones is 3. The Balaban J connectivity index is 1.71. The monoisotopic (exact) mass is 346 g/mol. The van der Waals surface area contributed by atoms with E-state index in [1.807, 2.05) is 0 Å². The van der Waals surface area contributed by atoms with Crippen molar-refractivity contribution in [1.29, 1.82) is 0 Å². The van der Waals surface area contributed by atoms with Gasteiger partial charge in [0.2, 0.25) is 0 Å². The molecule has 0 saturated heterocycles. The van der Waals surface area contributed by atoms with Crippen LogP contribution in [0.4, 0.5) is 0 Å². The second kappa shape index (κ2) is 5.25. The van der Waals surface area contributed by atoms with Crippen LogP contribution in [-0.2, 0) is 14.4 Å². The number of carbonyl (C=O) groups excluding carboxylic acids is 3. The first-order valence-electron chi connectivity index (χ1n) is 9.91. The van der Waals surface area contributed by atoms with Crippen LogP contribution in [0.2, 0.25) is 0 Å². The molecule has 0 unspecified atom stereocenters.